The average molecular weight is 114 g/mol. The Balaban J connectivity index is 3.63. The van der Waals surface area contributed by atoms with E-state index in [9.17, 15) is 0 Å². The number of methoxy groups -OCH3 is 1. The first-order valence-corrected chi connectivity index (χ1v) is 2.88. The van der Waals surface area contributed by atoms with E-state index >= 15 is 0 Å². The molecule has 0 saturated heterocycles. The molecule has 0 aliphatic heterocycles. The van der Waals surface area contributed by atoms with Gasteiger partial charge in [0.15, 0.2) is 0 Å². The zero-order valence-electron chi connectivity index (χ0n) is 6.06. The predicted molar refractivity (Wildman–Crippen MR) is 35.9 cm³/mol. The Morgan fingerprint density at radius 1 is 1.62 bits per heavy atom. The van der Waals surface area contributed by atoms with Crippen molar-refractivity contribution >= 4 is 0 Å². The zero-order chi connectivity index (χ0) is 6.57. The summed E-state index contributed by atoms with van der Waals surface area (Å²) in [7, 11) is 1.72. The maximum atomic E-state index is 5.03. The molecule has 0 N–H and O–H groups in total. The van der Waals surface area contributed by atoms with Gasteiger partial charge in [-0.15, -0.1) is 0 Å². The van der Waals surface area contributed by atoms with Crippen molar-refractivity contribution in [3.8, 4) is 0 Å². The van der Waals surface area contributed by atoms with Gasteiger partial charge in [-0.05, 0) is 26.3 Å². The largest absolute Gasteiger partial charge is 0.377 e. The molecule has 0 bridgehead atoms. The van der Waals surface area contributed by atoms with E-state index in [0.717, 1.165) is 0 Å². The molecule has 0 radical (unpaired) electrons. The molecule has 0 aromatic rings. The van der Waals surface area contributed by atoms with Crippen LogP contribution in [0.1, 0.15) is 20.8 Å². The normalized spacial score (nSPS) is 16.2. The van der Waals surface area contributed by atoms with Crippen LogP contribution in [-0.4, -0.2) is 13.2 Å². The molecule has 48 valence electrons. The fourth-order valence-corrected chi connectivity index (χ4v) is 0.421. The van der Waals surface area contributed by atoms with E-state index in [4.69, 9.17) is 4.74 Å². The van der Waals surface area contributed by atoms with Crippen LogP contribution in [0.25, 0.3) is 0 Å². The molecule has 0 aromatic heterocycles. The lowest BCUT2D eigenvalue weighted by Crippen LogP contribution is -2.04. The number of hydrogen-bond acceptors (Lipinski definition) is 1. The molecule has 0 heterocycles. The summed E-state index contributed by atoms with van der Waals surface area (Å²) in [5.41, 5.74) is 1.28. The lowest BCUT2D eigenvalue weighted by Gasteiger charge is -2.07. The highest BCUT2D eigenvalue weighted by Gasteiger charge is 1.97. The third-order valence-electron chi connectivity index (χ3n) is 1.45. The van der Waals surface area contributed by atoms with Crippen LogP contribution in [0.15, 0.2) is 11.6 Å². The molecule has 0 aromatic carbocycles. The number of ether oxygens (including phenoxy) is 1. The summed E-state index contributed by atoms with van der Waals surface area (Å²) in [4.78, 5) is 0. The molecular weight excluding hydrogens is 100 g/mol. The standard InChI is InChI=1S/C7H14O/c1-5-6(2)7(3)8-4/h5,7H,1-4H3. The fourth-order valence-electron chi connectivity index (χ4n) is 0.421. The average Bonchev–Trinajstić information content (AvgIpc) is 1.84. The van der Waals surface area contributed by atoms with Gasteiger partial charge in [0, 0.05) is 7.11 Å². The minimum Gasteiger partial charge on any atom is -0.377 e. The van der Waals surface area contributed by atoms with Gasteiger partial charge in [-0.1, -0.05) is 6.08 Å². The minimum absolute atomic E-state index is 0.278. The van der Waals surface area contributed by atoms with Crippen molar-refractivity contribution in [1.82, 2.24) is 0 Å². The number of rotatable bonds is 2. The maximum absolute atomic E-state index is 5.03. The van der Waals surface area contributed by atoms with Gasteiger partial charge in [0.2, 0.25) is 0 Å². The second-order valence-corrected chi connectivity index (χ2v) is 1.91. The zero-order valence-corrected chi connectivity index (χ0v) is 6.06. The Morgan fingerprint density at radius 2 is 2.12 bits per heavy atom. The van der Waals surface area contributed by atoms with Gasteiger partial charge in [0.05, 0.1) is 6.10 Å². The molecule has 0 saturated carbocycles. The van der Waals surface area contributed by atoms with E-state index in [-0.39, 0.29) is 6.10 Å². The van der Waals surface area contributed by atoms with Crippen molar-refractivity contribution in [3.63, 3.8) is 0 Å². The quantitative estimate of drug-likeness (QED) is 0.499. The monoisotopic (exact) mass is 114 g/mol. The molecular formula is C7H14O. The molecule has 1 atom stereocenters. The van der Waals surface area contributed by atoms with Crippen LogP contribution in [0.5, 0.6) is 0 Å². The Kier molecular flexibility index (Phi) is 3.53. The summed E-state index contributed by atoms with van der Waals surface area (Å²) >= 11 is 0. The summed E-state index contributed by atoms with van der Waals surface area (Å²) in [6.07, 6.45) is 2.34. The topological polar surface area (TPSA) is 9.23 Å². The Morgan fingerprint density at radius 3 is 2.25 bits per heavy atom. The van der Waals surface area contributed by atoms with Crippen LogP contribution in [0.4, 0.5) is 0 Å². The van der Waals surface area contributed by atoms with Gasteiger partial charge in [-0.25, -0.2) is 0 Å². The highest BCUT2D eigenvalue weighted by atomic mass is 16.5. The van der Waals surface area contributed by atoms with Crippen LogP contribution in [0, 0.1) is 0 Å². The van der Waals surface area contributed by atoms with Crippen molar-refractivity contribution in [2.45, 2.75) is 26.9 Å². The van der Waals surface area contributed by atoms with Crippen LogP contribution in [0.2, 0.25) is 0 Å². The summed E-state index contributed by atoms with van der Waals surface area (Å²) in [5.74, 6) is 0. The maximum Gasteiger partial charge on any atom is 0.0750 e. The summed E-state index contributed by atoms with van der Waals surface area (Å²) in [6.45, 7) is 6.12. The van der Waals surface area contributed by atoms with Gasteiger partial charge >= 0.3 is 0 Å². The van der Waals surface area contributed by atoms with Crippen LogP contribution >= 0.6 is 0 Å². The highest BCUT2D eigenvalue weighted by Crippen LogP contribution is 2.01. The first-order valence-electron chi connectivity index (χ1n) is 2.88. The molecule has 0 amide bonds. The first-order chi connectivity index (χ1) is 3.72. The third-order valence-corrected chi connectivity index (χ3v) is 1.45. The fraction of sp³-hybridized carbons (Fsp3) is 0.714. The molecule has 0 fully saturated rings. The van der Waals surface area contributed by atoms with E-state index in [2.05, 4.69) is 13.0 Å². The van der Waals surface area contributed by atoms with Gasteiger partial charge in [-0.2, -0.15) is 0 Å². The molecule has 1 heteroatoms. The Labute approximate surface area is 51.4 Å². The summed E-state index contributed by atoms with van der Waals surface area (Å²) < 4.78 is 5.03. The molecule has 0 aliphatic carbocycles. The van der Waals surface area contributed by atoms with Crippen molar-refractivity contribution < 1.29 is 4.74 Å². The molecule has 8 heavy (non-hydrogen) atoms. The highest BCUT2D eigenvalue weighted by molar-refractivity contribution is 5.01. The van der Waals surface area contributed by atoms with Crippen molar-refractivity contribution in [2.75, 3.05) is 7.11 Å². The van der Waals surface area contributed by atoms with Crippen LogP contribution in [-0.2, 0) is 4.74 Å². The molecule has 1 nitrogen and oxygen atoms in total. The molecule has 1 unspecified atom stereocenters. The molecule has 0 rings (SSSR count). The SMILES string of the molecule is CC=C(C)C(C)OC. The second kappa shape index (κ2) is 3.67. The van der Waals surface area contributed by atoms with Crippen molar-refractivity contribution in [2.24, 2.45) is 0 Å². The van der Waals surface area contributed by atoms with Gasteiger partial charge < -0.3 is 4.74 Å². The molecule has 0 aliphatic rings. The Hall–Kier alpha value is -0.300. The van der Waals surface area contributed by atoms with E-state index in [1.807, 2.05) is 13.8 Å². The predicted octanol–water partition coefficient (Wildman–Crippen LogP) is 1.99. The summed E-state index contributed by atoms with van der Waals surface area (Å²) in [6, 6.07) is 0. The van der Waals surface area contributed by atoms with Gasteiger partial charge in [-0.3, -0.25) is 0 Å². The minimum atomic E-state index is 0.278. The third kappa shape index (κ3) is 2.12. The van der Waals surface area contributed by atoms with Crippen molar-refractivity contribution in [1.29, 1.82) is 0 Å². The second-order valence-electron chi connectivity index (χ2n) is 1.91. The van der Waals surface area contributed by atoms with E-state index in [1.54, 1.807) is 7.11 Å². The lowest BCUT2D eigenvalue weighted by molar-refractivity contribution is 0.147. The van der Waals surface area contributed by atoms with E-state index < -0.39 is 0 Å². The summed E-state index contributed by atoms with van der Waals surface area (Å²) in [5, 5.41) is 0. The van der Waals surface area contributed by atoms with Crippen molar-refractivity contribution in [3.05, 3.63) is 11.6 Å². The van der Waals surface area contributed by atoms with Gasteiger partial charge in [0.25, 0.3) is 0 Å². The van der Waals surface area contributed by atoms with Crippen LogP contribution in [0.3, 0.4) is 0 Å². The lowest BCUT2D eigenvalue weighted by atomic mass is 10.2. The Bertz CT molecular complexity index is 84.4. The number of allylic oxidation sites excluding steroid dienone is 1. The van der Waals surface area contributed by atoms with E-state index in [0.29, 0.717) is 0 Å². The number of hydrogen-bond donors (Lipinski definition) is 0. The smallest absolute Gasteiger partial charge is 0.0750 e. The van der Waals surface area contributed by atoms with Crippen LogP contribution < -0.4 is 0 Å². The van der Waals surface area contributed by atoms with E-state index in [1.165, 1.54) is 5.57 Å². The first kappa shape index (κ1) is 7.70. The molecule has 0 spiro atoms. The van der Waals surface area contributed by atoms with Gasteiger partial charge in [0.1, 0.15) is 0 Å².